The summed E-state index contributed by atoms with van der Waals surface area (Å²) in [6.45, 7) is 4.13. The van der Waals surface area contributed by atoms with E-state index in [1.54, 1.807) is 6.07 Å². The highest BCUT2D eigenvalue weighted by molar-refractivity contribution is 6.32. The molecule has 0 fully saturated rings. The molecule has 1 heterocycles. The van der Waals surface area contributed by atoms with Crippen LogP contribution in [0.25, 0.3) is 5.69 Å². The van der Waals surface area contributed by atoms with Crippen LogP contribution in [-0.2, 0) is 6.42 Å². The number of hydrogen-bond donors (Lipinski definition) is 3. The van der Waals surface area contributed by atoms with Crippen molar-refractivity contribution in [2.75, 3.05) is 10.9 Å². The minimum absolute atomic E-state index is 0.185. The summed E-state index contributed by atoms with van der Waals surface area (Å²) in [7, 11) is 0. The fourth-order valence-corrected chi connectivity index (χ4v) is 4.42. The van der Waals surface area contributed by atoms with Crippen molar-refractivity contribution in [1.82, 2.24) is 9.78 Å². The first-order valence-corrected chi connectivity index (χ1v) is 13.2. The van der Waals surface area contributed by atoms with E-state index in [1.165, 1.54) is 74.5 Å². The van der Waals surface area contributed by atoms with Crippen LogP contribution >= 0.6 is 11.6 Å². The summed E-state index contributed by atoms with van der Waals surface area (Å²) in [4.78, 5) is 12.9. The molecular weight excluding hydrogens is 444 g/mol. The first-order chi connectivity index (χ1) is 16.6. The van der Waals surface area contributed by atoms with Crippen LogP contribution in [0.15, 0.2) is 53.3 Å². The Labute approximate surface area is 208 Å². The Morgan fingerprint density at radius 3 is 2.09 bits per heavy atom. The van der Waals surface area contributed by atoms with Gasteiger partial charge in [0.1, 0.15) is 5.69 Å². The number of aromatic amines is 1. The smallest absolute Gasteiger partial charge is 0.296 e. The molecule has 0 aliphatic heterocycles. The molecule has 0 atom stereocenters. The van der Waals surface area contributed by atoms with Crippen LogP contribution in [0.1, 0.15) is 82.4 Å². The molecule has 0 radical (unpaired) electrons. The summed E-state index contributed by atoms with van der Waals surface area (Å²) < 4.78 is 1.46. The summed E-state index contributed by atoms with van der Waals surface area (Å²) in [6.07, 6.45) is 14.7. The molecule has 6 heteroatoms. The zero-order valence-corrected chi connectivity index (χ0v) is 21.4. The SMILES string of the molecule is CCCCCCCCCCCCc1ccc(NNc2c(C)[nH]n(-c3ccccc3Cl)c2=O)cc1. The van der Waals surface area contributed by atoms with E-state index in [4.69, 9.17) is 11.6 Å². The first kappa shape index (κ1) is 26.0. The number of aromatic nitrogens is 2. The van der Waals surface area contributed by atoms with Crippen LogP contribution in [0.4, 0.5) is 11.4 Å². The number of hydrazine groups is 1. The summed E-state index contributed by atoms with van der Waals surface area (Å²) in [5, 5.41) is 3.60. The second-order valence-corrected chi connectivity index (χ2v) is 9.49. The van der Waals surface area contributed by atoms with Gasteiger partial charge in [0.2, 0.25) is 0 Å². The number of nitrogens with zero attached hydrogens (tertiary/aromatic N) is 1. The molecule has 1 aromatic heterocycles. The lowest BCUT2D eigenvalue weighted by molar-refractivity contribution is 0.556. The number of aryl methyl sites for hydroxylation is 2. The normalized spacial score (nSPS) is 11.0. The maximum Gasteiger partial charge on any atom is 0.296 e. The number of rotatable bonds is 15. The van der Waals surface area contributed by atoms with E-state index >= 15 is 0 Å². The van der Waals surface area contributed by atoms with E-state index in [1.807, 2.05) is 37.3 Å². The summed E-state index contributed by atoms with van der Waals surface area (Å²) in [5.41, 5.74) is 10.1. The molecule has 3 rings (SSSR count). The predicted molar refractivity (Wildman–Crippen MR) is 145 cm³/mol. The number of unbranched alkanes of at least 4 members (excludes halogenated alkanes) is 9. The van der Waals surface area contributed by atoms with E-state index < -0.39 is 0 Å². The molecule has 0 amide bonds. The van der Waals surface area contributed by atoms with Crippen molar-refractivity contribution in [1.29, 1.82) is 0 Å². The molecule has 34 heavy (non-hydrogen) atoms. The number of anilines is 2. The van der Waals surface area contributed by atoms with Crippen LogP contribution in [0, 0.1) is 6.92 Å². The van der Waals surface area contributed by atoms with Crippen LogP contribution in [0.2, 0.25) is 5.02 Å². The Morgan fingerprint density at radius 2 is 1.44 bits per heavy atom. The molecule has 2 aromatic carbocycles. The first-order valence-electron chi connectivity index (χ1n) is 12.8. The van der Waals surface area contributed by atoms with E-state index in [-0.39, 0.29) is 5.56 Å². The van der Waals surface area contributed by atoms with Gasteiger partial charge in [-0.1, -0.05) is 101 Å². The molecule has 3 aromatic rings. The predicted octanol–water partition coefficient (Wildman–Crippen LogP) is 8.03. The number of H-pyrrole nitrogens is 1. The number of para-hydroxylation sites is 1. The average Bonchev–Trinajstić information content (AvgIpc) is 3.13. The van der Waals surface area contributed by atoms with E-state index in [0.29, 0.717) is 16.4 Å². The quantitative estimate of drug-likeness (QED) is 0.152. The van der Waals surface area contributed by atoms with E-state index in [0.717, 1.165) is 17.8 Å². The van der Waals surface area contributed by atoms with Crippen molar-refractivity contribution in [3.05, 3.63) is 75.2 Å². The van der Waals surface area contributed by atoms with E-state index in [2.05, 4.69) is 35.0 Å². The van der Waals surface area contributed by atoms with Gasteiger partial charge in [-0.15, -0.1) is 0 Å². The second-order valence-electron chi connectivity index (χ2n) is 9.08. The molecule has 0 unspecified atom stereocenters. The zero-order valence-electron chi connectivity index (χ0n) is 20.6. The number of nitrogens with one attached hydrogen (secondary N) is 3. The summed E-state index contributed by atoms with van der Waals surface area (Å²) in [5.74, 6) is 0. The Kier molecular flexibility index (Phi) is 10.6. The van der Waals surface area contributed by atoms with Crippen molar-refractivity contribution in [3.8, 4) is 5.69 Å². The topological polar surface area (TPSA) is 61.8 Å². The fraction of sp³-hybridized carbons (Fsp3) is 0.464. The second kappa shape index (κ2) is 13.9. The van der Waals surface area contributed by atoms with Crippen LogP contribution in [0.3, 0.4) is 0 Å². The molecule has 5 nitrogen and oxygen atoms in total. The highest BCUT2D eigenvalue weighted by atomic mass is 35.5. The van der Waals surface area contributed by atoms with Gasteiger partial charge in [-0.05, 0) is 49.6 Å². The lowest BCUT2D eigenvalue weighted by Crippen LogP contribution is -2.20. The van der Waals surface area contributed by atoms with Gasteiger partial charge >= 0.3 is 0 Å². The lowest BCUT2D eigenvalue weighted by atomic mass is 10.0. The molecule has 184 valence electrons. The number of benzene rings is 2. The molecule has 0 saturated heterocycles. The lowest BCUT2D eigenvalue weighted by Gasteiger charge is -2.09. The molecule has 0 aliphatic carbocycles. The van der Waals surface area contributed by atoms with Crippen LogP contribution < -0.4 is 16.4 Å². The largest absolute Gasteiger partial charge is 0.301 e. The Balaban J connectivity index is 1.40. The minimum Gasteiger partial charge on any atom is -0.301 e. The van der Waals surface area contributed by atoms with Crippen LogP contribution in [-0.4, -0.2) is 9.78 Å². The third kappa shape index (κ3) is 7.69. The molecule has 0 saturated carbocycles. The van der Waals surface area contributed by atoms with Gasteiger partial charge in [-0.2, -0.15) is 0 Å². The Bertz CT molecular complexity index is 1060. The third-order valence-electron chi connectivity index (χ3n) is 6.27. The van der Waals surface area contributed by atoms with Crippen molar-refractivity contribution in [2.24, 2.45) is 0 Å². The number of halogens is 1. The minimum atomic E-state index is -0.185. The van der Waals surface area contributed by atoms with Gasteiger partial charge in [0.15, 0.2) is 0 Å². The standard InChI is InChI=1S/C28H39ClN4O/c1-3-4-5-6-7-8-9-10-11-12-15-23-18-20-24(21-19-23)30-31-27-22(2)32-33(28(27)34)26-17-14-13-16-25(26)29/h13-14,16-21,30-32H,3-12,15H2,1-2H3. The molecule has 0 aliphatic rings. The van der Waals surface area contributed by atoms with Gasteiger partial charge in [-0.3, -0.25) is 15.3 Å². The average molecular weight is 483 g/mol. The Morgan fingerprint density at radius 1 is 0.824 bits per heavy atom. The third-order valence-corrected chi connectivity index (χ3v) is 6.59. The highest BCUT2D eigenvalue weighted by Crippen LogP contribution is 2.20. The maximum absolute atomic E-state index is 12.9. The van der Waals surface area contributed by atoms with Gasteiger partial charge < -0.3 is 5.43 Å². The van der Waals surface area contributed by atoms with Gasteiger partial charge in [0.25, 0.3) is 5.56 Å². The number of hydrogen-bond acceptors (Lipinski definition) is 3. The van der Waals surface area contributed by atoms with E-state index in [9.17, 15) is 4.79 Å². The van der Waals surface area contributed by atoms with Gasteiger partial charge in [-0.25, -0.2) is 4.68 Å². The van der Waals surface area contributed by atoms with Gasteiger partial charge in [0, 0.05) is 0 Å². The highest BCUT2D eigenvalue weighted by Gasteiger charge is 2.14. The zero-order chi connectivity index (χ0) is 24.2. The van der Waals surface area contributed by atoms with Gasteiger partial charge in [0.05, 0.1) is 22.1 Å². The van der Waals surface area contributed by atoms with Crippen molar-refractivity contribution < 1.29 is 0 Å². The molecule has 0 bridgehead atoms. The molecule has 3 N–H and O–H groups in total. The van der Waals surface area contributed by atoms with Crippen molar-refractivity contribution >= 4 is 23.0 Å². The summed E-state index contributed by atoms with van der Waals surface area (Å²) in [6, 6.07) is 15.7. The monoisotopic (exact) mass is 482 g/mol. The maximum atomic E-state index is 12.9. The fourth-order valence-electron chi connectivity index (χ4n) is 4.20. The van der Waals surface area contributed by atoms with Crippen LogP contribution in [0.5, 0.6) is 0 Å². The molecular formula is C28H39ClN4O. The van der Waals surface area contributed by atoms with Crippen molar-refractivity contribution in [3.63, 3.8) is 0 Å². The Hall–Kier alpha value is -2.66. The summed E-state index contributed by atoms with van der Waals surface area (Å²) >= 11 is 6.25. The molecule has 0 spiro atoms. The van der Waals surface area contributed by atoms with Crippen molar-refractivity contribution in [2.45, 2.75) is 84.5 Å².